The highest BCUT2D eigenvalue weighted by molar-refractivity contribution is 6.04. The van der Waals surface area contributed by atoms with Gasteiger partial charge in [0.1, 0.15) is 5.54 Å². The molecule has 5 nitrogen and oxygen atoms in total. The molecule has 24 heavy (non-hydrogen) atoms. The fourth-order valence-corrected chi connectivity index (χ4v) is 3.94. The fraction of sp³-hybridized carbons (Fsp3) is 0.789. The lowest BCUT2D eigenvalue weighted by atomic mass is 9.67. The van der Waals surface area contributed by atoms with Crippen LogP contribution in [0.1, 0.15) is 66.7 Å². The highest BCUT2D eigenvalue weighted by Gasteiger charge is 2.79. The number of carbonyl (C=O) groups is 2. The maximum atomic E-state index is 11.8. The van der Waals surface area contributed by atoms with Gasteiger partial charge in [0.05, 0.1) is 0 Å². The van der Waals surface area contributed by atoms with Gasteiger partial charge in [0.25, 0.3) is 0 Å². The molecule has 0 unspecified atom stereocenters. The average molecular weight is 336 g/mol. The van der Waals surface area contributed by atoms with E-state index in [0.29, 0.717) is 6.42 Å². The third kappa shape index (κ3) is 2.67. The van der Waals surface area contributed by atoms with Crippen LogP contribution in [-0.4, -0.2) is 28.6 Å². The quantitative estimate of drug-likeness (QED) is 0.613. The molecule has 3 aliphatic rings. The predicted molar refractivity (Wildman–Crippen MR) is 94.2 cm³/mol. The smallest absolute Gasteiger partial charge is 0.336 e. The molecule has 3 N–H and O–H groups in total. The molecule has 2 aliphatic heterocycles. The van der Waals surface area contributed by atoms with Crippen LogP contribution in [0.4, 0.5) is 0 Å². The number of nitrogens with one attached hydrogen (secondary N) is 1. The normalized spacial score (nSPS) is 40.2. The van der Waals surface area contributed by atoms with E-state index in [9.17, 15) is 9.59 Å². The maximum absolute atomic E-state index is 11.8. The summed E-state index contributed by atoms with van der Waals surface area (Å²) in [6, 6.07) is 0. The lowest BCUT2D eigenvalue weighted by Crippen LogP contribution is -2.78. The summed E-state index contributed by atoms with van der Waals surface area (Å²) in [7, 11) is 0. The Morgan fingerprint density at radius 3 is 2.42 bits per heavy atom. The Kier molecular flexibility index (Phi) is 5.14. The molecule has 0 aromatic rings. The third-order valence-corrected chi connectivity index (χ3v) is 6.07. The topological polar surface area (TPSA) is 81.4 Å². The summed E-state index contributed by atoms with van der Waals surface area (Å²) in [5.41, 5.74) is 3.13. The molecule has 0 radical (unpaired) electrons. The summed E-state index contributed by atoms with van der Waals surface area (Å²) >= 11 is 0. The number of esters is 1. The van der Waals surface area contributed by atoms with Crippen molar-refractivity contribution in [2.75, 3.05) is 0 Å². The summed E-state index contributed by atoms with van der Waals surface area (Å²) in [4.78, 5) is 23.2. The second-order valence-corrected chi connectivity index (χ2v) is 7.99. The summed E-state index contributed by atoms with van der Waals surface area (Å²) in [6.07, 6.45) is 10.1. The molecule has 5 heteroatoms. The van der Waals surface area contributed by atoms with Gasteiger partial charge in [-0.25, -0.2) is 4.79 Å². The highest BCUT2D eigenvalue weighted by Crippen LogP contribution is 2.50. The van der Waals surface area contributed by atoms with Crippen LogP contribution in [0.15, 0.2) is 12.2 Å². The molecule has 2 fully saturated rings. The zero-order chi connectivity index (χ0) is 18.2. The lowest BCUT2D eigenvalue weighted by molar-refractivity contribution is -0.219. The third-order valence-electron chi connectivity index (χ3n) is 6.07. The minimum atomic E-state index is -1.09. The number of ether oxygens (including phenoxy) is 1. The summed E-state index contributed by atoms with van der Waals surface area (Å²) < 4.78 is 5.14. The molecule has 2 heterocycles. The van der Waals surface area contributed by atoms with Crippen LogP contribution in [-0.2, 0) is 14.3 Å². The number of carbonyl (C=O) groups excluding carboxylic acids is 2. The van der Waals surface area contributed by atoms with E-state index in [1.807, 2.05) is 6.92 Å². The van der Waals surface area contributed by atoms with Crippen LogP contribution in [0.3, 0.4) is 0 Å². The Hall–Kier alpha value is -1.36. The zero-order valence-electron chi connectivity index (χ0n) is 15.6. The Balaban J connectivity index is 0.000000198. The first kappa shape index (κ1) is 19.0. The van der Waals surface area contributed by atoms with Crippen molar-refractivity contribution in [3.63, 3.8) is 0 Å². The summed E-state index contributed by atoms with van der Waals surface area (Å²) in [6.45, 7) is 9.95. The molecule has 3 rings (SSSR count). The Labute approximate surface area is 145 Å². The van der Waals surface area contributed by atoms with Crippen molar-refractivity contribution in [3.05, 3.63) is 12.2 Å². The van der Waals surface area contributed by atoms with Crippen molar-refractivity contribution in [1.82, 2.24) is 5.32 Å². The molecule has 0 bridgehead atoms. The largest absolute Gasteiger partial charge is 0.452 e. The number of nitrogens with two attached hydrogens (primary N) is 1. The molecular weight excluding hydrogens is 304 g/mol. The van der Waals surface area contributed by atoms with Crippen molar-refractivity contribution in [2.24, 2.45) is 17.6 Å². The molecule has 0 aromatic heterocycles. The van der Waals surface area contributed by atoms with E-state index >= 15 is 0 Å². The van der Waals surface area contributed by atoms with Gasteiger partial charge in [0.2, 0.25) is 5.91 Å². The molecule has 1 aliphatic carbocycles. The van der Waals surface area contributed by atoms with E-state index < -0.39 is 22.6 Å². The van der Waals surface area contributed by atoms with Gasteiger partial charge in [-0.15, -0.1) is 0 Å². The van der Waals surface area contributed by atoms with Crippen LogP contribution in [0, 0.1) is 11.8 Å². The van der Waals surface area contributed by atoms with Gasteiger partial charge in [-0.05, 0) is 51.4 Å². The monoisotopic (exact) mass is 336 g/mol. The van der Waals surface area contributed by atoms with Gasteiger partial charge >= 0.3 is 5.97 Å². The second-order valence-electron chi connectivity index (χ2n) is 7.99. The van der Waals surface area contributed by atoms with E-state index in [0.717, 1.165) is 18.3 Å². The molecule has 2 saturated heterocycles. The molecule has 4 atom stereocenters. The second kappa shape index (κ2) is 6.51. The van der Waals surface area contributed by atoms with Crippen molar-refractivity contribution in [2.45, 2.75) is 83.4 Å². The summed E-state index contributed by atoms with van der Waals surface area (Å²) in [5, 5.41) is 2.66. The first-order valence-corrected chi connectivity index (χ1v) is 9.14. The fourth-order valence-electron chi connectivity index (χ4n) is 3.94. The molecule has 1 amide bonds. The first-order chi connectivity index (χ1) is 11.1. The van der Waals surface area contributed by atoms with Crippen LogP contribution >= 0.6 is 0 Å². The van der Waals surface area contributed by atoms with Crippen LogP contribution in [0.2, 0.25) is 0 Å². The standard InChI is InChI=1S/C10H16N2O3.C9H16/c1-4-5-10(11)6(13)12-8(2)7(14)15-9(8,10)3;1-8(2)9-6-4-3-5-7-9/h4-5,11H2,1-3H3,(H,12,13);4,6,8-9H,3,5,7H2,1-2H3/t8-,9+,10+;9-/m01/s1. The minimum absolute atomic E-state index is 0.291. The van der Waals surface area contributed by atoms with Crippen molar-refractivity contribution >= 4 is 11.9 Å². The van der Waals surface area contributed by atoms with E-state index in [1.165, 1.54) is 19.3 Å². The zero-order valence-corrected chi connectivity index (χ0v) is 15.6. The van der Waals surface area contributed by atoms with E-state index in [4.69, 9.17) is 10.5 Å². The lowest BCUT2D eigenvalue weighted by Gasteiger charge is -2.52. The number of allylic oxidation sites excluding steroid dienone is 2. The number of amides is 1. The number of rotatable bonds is 3. The number of hydrogen-bond donors (Lipinski definition) is 2. The van der Waals surface area contributed by atoms with Gasteiger partial charge in [-0.1, -0.05) is 39.3 Å². The Morgan fingerprint density at radius 1 is 1.38 bits per heavy atom. The molecule has 0 spiro atoms. The van der Waals surface area contributed by atoms with Gasteiger partial charge in [0.15, 0.2) is 11.1 Å². The molecule has 0 aromatic carbocycles. The highest BCUT2D eigenvalue weighted by atomic mass is 16.6. The number of hydrogen-bond acceptors (Lipinski definition) is 4. The van der Waals surface area contributed by atoms with E-state index in [2.05, 4.69) is 31.3 Å². The molecule has 136 valence electrons. The van der Waals surface area contributed by atoms with Crippen LogP contribution < -0.4 is 11.1 Å². The van der Waals surface area contributed by atoms with E-state index in [1.54, 1.807) is 13.8 Å². The van der Waals surface area contributed by atoms with E-state index in [-0.39, 0.29) is 5.91 Å². The van der Waals surface area contributed by atoms with Gasteiger partial charge in [0, 0.05) is 0 Å². The minimum Gasteiger partial charge on any atom is -0.452 e. The van der Waals surface area contributed by atoms with Gasteiger partial charge in [-0.2, -0.15) is 0 Å². The van der Waals surface area contributed by atoms with Crippen molar-refractivity contribution in [1.29, 1.82) is 0 Å². The first-order valence-electron chi connectivity index (χ1n) is 9.14. The SMILES string of the molecule is CC(C)[C@@H]1C=CCCC1.CCC[C@@]1(N)C(=O)N[C@@]2(C)C(=O)O[C@@]12C. The Morgan fingerprint density at radius 2 is 2.04 bits per heavy atom. The average Bonchev–Trinajstić information content (AvgIpc) is 2.66. The maximum Gasteiger partial charge on any atom is 0.336 e. The molecular formula is C19H32N2O3. The molecule has 0 saturated carbocycles. The van der Waals surface area contributed by atoms with Crippen molar-refractivity contribution < 1.29 is 14.3 Å². The van der Waals surface area contributed by atoms with Gasteiger partial charge in [-0.3, -0.25) is 4.79 Å². The van der Waals surface area contributed by atoms with Crippen molar-refractivity contribution in [3.8, 4) is 0 Å². The number of fused-ring (bicyclic) bond motifs is 1. The predicted octanol–water partition coefficient (Wildman–Crippen LogP) is 2.69. The Bertz CT molecular complexity index is 545. The van der Waals surface area contributed by atoms with Gasteiger partial charge < -0.3 is 15.8 Å². The summed E-state index contributed by atoms with van der Waals surface area (Å²) in [5.74, 6) is 1.03. The van der Waals surface area contributed by atoms with Crippen LogP contribution in [0.25, 0.3) is 0 Å². The van der Waals surface area contributed by atoms with Crippen LogP contribution in [0.5, 0.6) is 0 Å².